The Labute approximate surface area is 296 Å². The van der Waals surface area contributed by atoms with Gasteiger partial charge >= 0.3 is 0 Å². The molecule has 3 aromatic rings. The van der Waals surface area contributed by atoms with E-state index in [4.69, 9.17) is 4.74 Å². The van der Waals surface area contributed by atoms with Crippen molar-refractivity contribution in [2.75, 3.05) is 23.0 Å². The first kappa shape index (κ1) is 35.9. The molecule has 11 heteroatoms. The lowest BCUT2D eigenvalue weighted by Crippen LogP contribution is -2.45. The molecular weight excluding hydrogens is 650 g/mol. The van der Waals surface area contributed by atoms with Gasteiger partial charge in [-0.05, 0) is 89.4 Å². The van der Waals surface area contributed by atoms with Crippen LogP contribution in [0.25, 0.3) is 0 Å². The van der Waals surface area contributed by atoms with Gasteiger partial charge in [0.2, 0.25) is 14.3 Å². The zero-order chi connectivity index (χ0) is 35.8. The lowest BCUT2D eigenvalue weighted by Gasteiger charge is -2.32. The number of para-hydroxylation sites is 1. The van der Waals surface area contributed by atoms with Crippen molar-refractivity contribution in [2.45, 2.75) is 103 Å². The quantitative estimate of drug-likeness (QED) is 0.121. The molecule has 4 atom stereocenters. The number of aliphatic hydroxyl groups is 1. The number of halogens is 1. The van der Waals surface area contributed by atoms with E-state index in [9.17, 15) is 14.7 Å². The van der Waals surface area contributed by atoms with E-state index in [0.29, 0.717) is 55.7 Å². The minimum atomic E-state index is -3.38. The number of benzene rings is 2. The lowest BCUT2D eigenvalue weighted by atomic mass is 9.82. The number of carbonyl (C=O) groups is 2. The van der Waals surface area contributed by atoms with Gasteiger partial charge in [-0.3, -0.25) is 19.2 Å². The van der Waals surface area contributed by atoms with Crippen LogP contribution in [0.15, 0.2) is 72.0 Å². The molecule has 1 spiro atoms. The van der Waals surface area contributed by atoms with Crippen molar-refractivity contribution in [3.05, 3.63) is 88.8 Å². The second kappa shape index (κ2) is 14.4. The van der Waals surface area contributed by atoms with Gasteiger partial charge in [0.1, 0.15) is 0 Å². The number of allylic oxidation sites excluding steroid dienone is 3. The van der Waals surface area contributed by atoms with Gasteiger partial charge < -0.3 is 18.9 Å². The van der Waals surface area contributed by atoms with Gasteiger partial charge in [-0.1, -0.05) is 53.6 Å². The van der Waals surface area contributed by atoms with Crippen LogP contribution in [0.3, 0.4) is 0 Å². The fraction of sp³-hybridized carbons (Fsp3) is 0.487. The molecule has 2 amide bonds. The van der Waals surface area contributed by atoms with Crippen molar-refractivity contribution in [3.63, 3.8) is 0 Å². The fourth-order valence-electron chi connectivity index (χ4n) is 8.21. The molecule has 50 heavy (non-hydrogen) atoms. The van der Waals surface area contributed by atoms with Crippen LogP contribution < -0.4 is 9.80 Å². The Hall–Kier alpha value is -3.93. The Bertz CT molecular complexity index is 1810. The number of aryl methyl sites for hydroxylation is 2. The van der Waals surface area contributed by atoms with Gasteiger partial charge in [-0.25, -0.2) is 0 Å². The highest BCUT2D eigenvalue weighted by Gasteiger charge is 2.66. The third-order valence-corrected chi connectivity index (χ3v) is 13.1. The van der Waals surface area contributed by atoms with Crippen molar-refractivity contribution < 1.29 is 23.5 Å². The molecule has 0 unspecified atom stereocenters. The summed E-state index contributed by atoms with van der Waals surface area (Å²) in [5.41, 5.74) is 5.31. The highest BCUT2D eigenvalue weighted by atomic mass is 28.4. The molecule has 4 heterocycles. The number of nitrogens with zero attached hydrogens (tertiary/aromatic N) is 5. The number of hydrogen-bond donors (Lipinski definition) is 1. The van der Waals surface area contributed by atoms with Crippen LogP contribution in [-0.4, -0.2) is 59.6 Å². The Morgan fingerprint density at radius 3 is 2.62 bits per heavy atom. The smallest absolute Gasteiger partial charge is 0.264 e. The monoisotopic (exact) mass is 699 g/mol. The van der Waals surface area contributed by atoms with Crippen molar-refractivity contribution in [3.8, 4) is 0 Å². The summed E-state index contributed by atoms with van der Waals surface area (Å²) in [7, 11) is -3.38. The van der Waals surface area contributed by atoms with Crippen molar-refractivity contribution in [1.82, 2.24) is 15.0 Å². The topological polar surface area (TPSA) is 101 Å². The van der Waals surface area contributed by atoms with Gasteiger partial charge in [-0.15, -0.1) is 5.10 Å². The van der Waals surface area contributed by atoms with E-state index < -0.39 is 31.6 Å². The first-order valence-electron chi connectivity index (χ1n) is 17.9. The Kier molecular flexibility index (Phi) is 10.3. The summed E-state index contributed by atoms with van der Waals surface area (Å²) in [6.45, 7) is 12.4. The molecule has 1 aromatic heterocycles. The molecule has 9 nitrogen and oxygen atoms in total. The van der Waals surface area contributed by atoms with Gasteiger partial charge in [0.15, 0.2) is 5.60 Å². The van der Waals surface area contributed by atoms with Gasteiger partial charge in [-0.2, -0.15) is 0 Å². The molecule has 266 valence electrons. The van der Waals surface area contributed by atoms with Crippen LogP contribution in [0.1, 0.15) is 70.2 Å². The third kappa shape index (κ3) is 6.75. The van der Waals surface area contributed by atoms with Crippen molar-refractivity contribution >= 4 is 37.3 Å². The largest absolute Gasteiger partial charge is 0.396 e. The van der Waals surface area contributed by atoms with E-state index in [1.165, 1.54) is 11.1 Å². The Balaban J connectivity index is 1.41. The van der Waals surface area contributed by atoms with Crippen LogP contribution in [-0.2, 0) is 39.3 Å². The Morgan fingerprint density at radius 1 is 1.10 bits per heavy atom. The first-order chi connectivity index (χ1) is 23.8. The molecular formula is C39H50FN5O4Si. The molecule has 1 fully saturated rings. The van der Waals surface area contributed by atoms with E-state index in [0.717, 1.165) is 29.8 Å². The van der Waals surface area contributed by atoms with E-state index in [-0.39, 0.29) is 18.4 Å². The molecule has 3 aliphatic heterocycles. The highest BCUT2D eigenvalue weighted by molar-refractivity contribution is 6.72. The number of rotatable bonds is 12. The minimum Gasteiger partial charge on any atom is -0.396 e. The number of hydrogen-bond acceptors (Lipinski definition) is 6. The standard InChI is InChI=1S/C39H50FN5O4Si/c1-26(2)10-9-11-27(3)18-22-44-34-16-15-31(45-33-13-8-7-12-29(33)14-17-36(45)47)24-32(34)39(38(44)48)28(4)37(50(5,6)40)35(49-39)19-21-43-25-30(20-23-46)41-42-43/h7-8,10,12-13,15-16,18,24-25,28,35,37,46H,9,11,14,17,19-23H2,1-6H3/b27-18+/t28-,35+,37-,39+/m0/s1. The van der Waals surface area contributed by atoms with Crippen molar-refractivity contribution in [1.29, 1.82) is 0 Å². The van der Waals surface area contributed by atoms with E-state index in [1.807, 2.05) is 49.4 Å². The maximum Gasteiger partial charge on any atom is 0.264 e. The normalized spacial score (nSPS) is 23.5. The first-order valence-corrected chi connectivity index (χ1v) is 20.8. The number of aliphatic hydroxyl groups excluding tert-OH is 1. The van der Waals surface area contributed by atoms with Gasteiger partial charge in [0.05, 0.1) is 23.2 Å². The number of ether oxygens (including phenoxy) is 1. The summed E-state index contributed by atoms with van der Waals surface area (Å²) < 4.78 is 25.2. The van der Waals surface area contributed by atoms with E-state index in [2.05, 4.69) is 43.2 Å². The summed E-state index contributed by atoms with van der Waals surface area (Å²) in [6.07, 6.45) is 9.32. The number of aromatic nitrogens is 3. The fourth-order valence-corrected chi connectivity index (χ4v) is 10.8. The van der Waals surface area contributed by atoms with Crippen LogP contribution in [0.2, 0.25) is 18.6 Å². The van der Waals surface area contributed by atoms with Crippen LogP contribution in [0.4, 0.5) is 21.2 Å². The third-order valence-electron chi connectivity index (χ3n) is 10.6. The summed E-state index contributed by atoms with van der Waals surface area (Å²) in [4.78, 5) is 32.0. The highest BCUT2D eigenvalue weighted by Crippen LogP contribution is 2.60. The molecule has 0 bridgehead atoms. The molecule has 3 aliphatic rings. The van der Waals surface area contributed by atoms with Gasteiger partial charge in [0, 0.05) is 61.4 Å². The molecule has 1 saturated heterocycles. The van der Waals surface area contributed by atoms with Crippen LogP contribution in [0, 0.1) is 5.92 Å². The predicted molar refractivity (Wildman–Crippen MR) is 197 cm³/mol. The van der Waals surface area contributed by atoms with E-state index >= 15 is 4.11 Å². The SMILES string of the molecule is CC(C)=CCC/C(C)=C/CN1C(=O)[C@]2(O[C@H](CCn3cc(CCO)nn3)[C@@H]([Si](C)(C)F)[C@@H]2C)c2cc(N3C(=O)CCc4ccccc43)ccc21. The lowest BCUT2D eigenvalue weighted by molar-refractivity contribution is -0.145. The average molecular weight is 700 g/mol. The second-order valence-corrected chi connectivity index (χ2v) is 18.6. The zero-order valence-electron chi connectivity index (χ0n) is 30.2. The predicted octanol–water partition coefficient (Wildman–Crippen LogP) is 7.33. The average Bonchev–Trinajstić information content (AvgIpc) is 3.71. The molecule has 2 aromatic carbocycles. The molecule has 0 aliphatic carbocycles. The molecule has 1 N–H and O–H groups in total. The van der Waals surface area contributed by atoms with E-state index in [1.54, 1.807) is 33.8 Å². The number of fused-ring (bicyclic) bond motifs is 3. The number of anilines is 3. The van der Waals surface area contributed by atoms with Crippen LogP contribution >= 0.6 is 0 Å². The maximum atomic E-state index is 16.5. The molecule has 0 saturated carbocycles. The number of amides is 2. The van der Waals surface area contributed by atoms with Crippen LogP contribution in [0.5, 0.6) is 0 Å². The molecule has 6 rings (SSSR count). The Morgan fingerprint density at radius 2 is 1.88 bits per heavy atom. The number of carbonyl (C=O) groups excluding carboxylic acids is 2. The summed E-state index contributed by atoms with van der Waals surface area (Å²) in [6, 6.07) is 13.7. The maximum absolute atomic E-state index is 16.5. The minimum absolute atomic E-state index is 0.00403. The van der Waals surface area contributed by atoms with Crippen molar-refractivity contribution in [2.24, 2.45) is 5.92 Å². The summed E-state index contributed by atoms with van der Waals surface area (Å²) in [5.74, 6) is -0.651. The second-order valence-electron chi connectivity index (χ2n) is 14.9. The molecule has 0 radical (unpaired) electrons. The summed E-state index contributed by atoms with van der Waals surface area (Å²) >= 11 is 0. The summed E-state index contributed by atoms with van der Waals surface area (Å²) in [5, 5.41) is 17.7. The van der Waals surface area contributed by atoms with Gasteiger partial charge in [0.25, 0.3) is 5.91 Å². The zero-order valence-corrected chi connectivity index (χ0v) is 31.2.